The Balaban J connectivity index is 0.000000550. The average Bonchev–Trinajstić information content (AvgIpc) is 2.94. The Morgan fingerprint density at radius 1 is 0.842 bits per heavy atom. The lowest BCUT2D eigenvalue weighted by Crippen LogP contribution is -2.49. The summed E-state index contributed by atoms with van der Waals surface area (Å²) in [5.41, 5.74) is 0. The van der Waals surface area contributed by atoms with Gasteiger partial charge in [0.05, 0.1) is 6.54 Å². The zero-order chi connectivity index (χ0) is 14.1. The Labute approximate surface area is 118 Å². The van der Waals surface area contributed by atoms with Gasteiger partial charge < -0.3 is 9.80 Å². The van der Waals surface area contributed by atoms with Crippen LogP contribution < -0.4 is 0 Å². The molecule has 0 aromatic carbocycles. The molecule has 0 spiro atoms. The summed E-state index contributed by atoms with van der Waals surface area (Å²) in [6.45, 7) is 14.5. The SMILES string of the molecule is CCC.CCN1CCN(CC(=O)N2CCCC2)CC1. The van der Waals surface area contributed by atoms with Crippen LogP contribution in [-0.2, 0) is 4.79 Å². The van der Waals surface area contributed by atoms with Gasteiger partial charge in [0.25, 0.3) is 0 Å². The molecule has 112 valence electrons. The monoisotopic (exact) mass is 269 g/mol. The molecule has 0 unspecified atom stereocenters. The van der Waals surface area contributed by atoms with Gasteiger partial charge >= 0.3 is 0 Å². The number of likely N-dealkylation sites (tertiary alicyclic amines) is 1. The third-order valence-electron chi connectivity index (χ3n) is 3.73. The minimum absolute atomic E-state index is 0.336. The van der Waals surface area contributed by atoms with Crippen molar-refractivity contribution in [1.82, 2.24) is 14.7 Å². The number of carbonyl (C=O) groups excluding carboxylic acids is 1. The molecule has 0 radical (unpaired) electrons. The molecule has 2 heterocycles. The Kier molecular flexibility index (Phi) is 8.07. The van der Waals surface area contributed by atoms with E-state index < -0.39 is 0 Å². The van der Waals surface area contributed by atoms with E-state index in [1.165, 1.54) is 19.3 Å². The second kappa shape index (κ2) is 9.32. The van der Waals surface area contributed by atoms with Crippen LogP contribution >= 0.6 is 0 Å². The third kappa shape index (κ3) is 5.91. The molecule has 0 aromatic rings. The highest BCUT2D eigenvalue weighted by Gasteiger charge is 2.22. The number of likely N-dealkylation sites (N-methyl/N-ethyl adjacent to an activating group) is 1. The van der Waals surface area contributed by atoms with Crippen LogP contribution in [-0.4, -0.2) is 73.0 Å². The van der Waals surface area contributed by atoms with E-state index in [1.807, 2.05) is 4.90 Å². The van der Waals surface area contributed by atoms with Crippen molar-refractivity contribution >= 4 is 5.91 Å². The van der Waals surface area contributed by atoms with Gasteiger partial charge in [-0.1, -0.05) is 27.2 Å². The fourth-order valence-electron chi connectivity index (χ4n) is 2.52. The number of amides is 1. The van der Waals surface area contributed by atoms with Crippen molar-refractivity contribution in [2.24, 2.45) is 0 Å². The van der Waals surface area contributed by atoms with Crippen molar-refractivity contribution < 1.29 is 4.79 Å². The first-order chi connectivity index (χ1) is 9.21. The van der Waals surface area contributed by atoms with Crippen molar-refractivity contribution in [2.45, 2.75) is 40.0 Å². The quantitative estimate of drug-likeness (QED) is 0.780. The lowest BCUT2D eigenvalue weighted by atomic mass is 10.3. The van der Waals surface area contributed by atoms with Crippen molar-refractivity contribution in [3.63, 3.8) is 0 Å². The fourth-order valence-corrected chi connectivity index (χ4v) is 2.52. The molecule has 0 bridgehead atoms. The summed E-state index contributed by atoms with van der Waals surface area (Å²) < 4.78 is 0. The first-order valence-electron chi connectivity index (χ1n) is 7.93. The van der Waals surface area contributed by atoms with Crippen molar-refractivity contribution in [3.8, 4) is 0 Å². The lowest BCUT2D eigenvalue weighted by Gasteiger charge is -2.34. The van der Waals surface area contributed by atoms with E-state index in [2.05, 4.69) is 30.6 Å². The Hall–Kier alpha value is -0.610. The number of hydrogen-bond acceptors (Lipinski definition) is 3. The summed E-state index contributed by atoms with van der Waals surface area (Å²) in [6.07, 6.45) is 3.63. The van der Waals surface area contributed by atoms with Gasteiger partial charge in [-0.3, -0.25) is 9.69 Å². The molecule has 4 nitrogen and oxygen atoms in total. The minimum Gasteiger partial charge on any atom is -0.342 e. The molecule has 0 N–H and O–H groups in total. The third-order valence-corrected chi connectivity index (χ3v) is 3.73. The van der Waals surface area contributed by atoms with Crippen molar-refractivity contribution in [2.75, 3.05) is 52.4 Å². The van der Waals surface area contributed by atoms with Crippen LogP contribution in [0.2, 0.25) is 0 Å². The molecule has 2 saturated heterocycles. The molecule has 0 aliphatic carbocycles. The Morgan fingerprint density at radius 2 is 1.32 bits per heavy atom. The maximum Gasteiger partial charge on any atom is 0.236 e. The normalized spacial score (nSPS) is 21.1. The molecule has 2 rings (SSSR count). The van der Waals surface area contributed by atoms with Gasteiger partial charge in [-0.2, -0.15) is 0 Å². The fraction of sp³-hybridized carbons (Fsp3) is 0.933. The van der Waals surface area contributed by atoms with Crippen molar-refractivity contribution in [1.29, 1.82) is 0 Å². The summed E-state index contributed by atoms with van der Waals surface area (Å²) in [5.74, 6) is 0.336. The number of nitrogens with zero attached hydrogens (tertiary/aromatic N) is 3. The highest BCUT2D eigenvalue weighted by atomic mass is 16.2. The summed E-state index contributed by atoms with van der Waals surface area (Å²) in [4.78, 5) is 18.7. The van der Waals surface area contributed by atoms with Crippen LogP contribution in [0.5, 0.6) is 0 Å². The molecule has 4 heteroatoms. The van der Waals surface area contributed by atoms with E-state index in [-0.39, 0.29) is 0 Å². The average molecular weight is 269 g/mol. The number of hydrogen-bond donors (Lipinski definition) is 0. The first-order valence-corrected chi connectivity index (χ1v) is 7.93. The molecule has 1 amide bonds. The van der Waals surface area contributed by atoms with Gasteiger partial charge in [-0.15, -0.1) is 0 Å². The van der Waals surface area contributed by atoms with Crippen LogP contribution in [0.4, 0.5) is 0 Å². The second-order valence-electron chi connectivity index (χ2n) is 5.51. The van der Waals surface area contributed by atoms with E-state index >= 15 is 0 Å². The highest BCUT2D eigenvalue weighted by Crippen LogP contribution is 2.09. The van der Waals surface area contributed by atoms with E-state index in [1.54, 1.807) is 0 Å². The second-order valence-corrected chi connectivity index (χ2v) is 5.51. The van der Waals surface area contributed by atoms with Gasteiger partial charge in [0.2, 0.25) is 5.91 Å². The van der Waals surface area contributed by atoms with Crippen LogP contribution in [0.15, 0.2) is 0 Å². The smallest absolute Gasteiger partial charge is 0.236 e. The standard InChI is InChI=1S/C12H23N3O.C3H8/c1-2-13-7-9-14(10-8-13)11-12(16)15-5-3-4-6-15;1-3-2/h2-11H2,1H3;3H2,1-2H3. The molecule has 0 aromatic heterocycles. The van der Waals surface area contributed by atoms with Gasteiger partial charge in [0.1, 0.15) is 0 Å². The summed E-state index contributed by atoms with van der Waals surface area (Å²) >= 11 is 0. The molecule has 2 aliphatic heterocycles. The first kappa shape index (κ1) is 16.4. The van der Waals surface area contributed by atoms with Gasteiger partial charge in [0.15, 0.2) is 0 Å². The zero-order valence-electron chi connectivity index (χ0n) is 13.0. The van der Waals surface area contributed by atoms with Gasteiger partial charge in [-0.25, -0.2) is 0 Å². The van der Waals surface area contributed by atoms with Crippen molar-refractivity contribution in [3.05, 3.63) is 0 Å². The molecule has 2 aliphatic rings. The predicted octanol–water partition coefficient (Wildman–Crippen LogP) is 1.66. The minimum atomic E-state index is 0.336. The number of piperazine rings is 1. The molecule has 19 heavy (non-hydrogen) atoms. The van der Waals surface area contributed by atoms with Crippen LogP contribution in [0, 0.1) is 0 Å². The molecular weight excluding hydrogens is 238 g/mol. The van der Waals surface area contributed by atoms with E-state index in [0.29, 0.717) is 12.5 Å². The lowest BCUT2D eigenvalue weighted by molar-refractivity contribution is -0.131. The summed E-state index contributed by atoms with van der Waals surface area (Å²) in [7, 11) is 0. The largest absolute Gasteiger partial charge is 0.342 e. The Bertz CT molecular complexity index is 244. The van der Waals surface area contributed by atoms with Gasteiger partial charge in [-0.05, 0) is 19.4 Å². The molecule has 0 atom stereocenters. The maximum atomic E-state index is 11.9. The molecule has 0 saturated carbocycles. The highest BCUT2D eigenvalue weighted by molar-refractivity contribution is 5.78. The van der Waals surface area contributed by atoms with Crippen LogP contribution in [0.3, 0.4) is 0 Å². The number of carbonyl (C=O) groups is 1. The number of rotatable bonds is 3. The van der Waals surface area contributed by atoms with E-state index in [0.717, 1.165) is 45.8 Å². The van der Waals surface area contributed by atoms with E-state index in [9.17, 15) is 4.79 Å². The maximum absolute atomic E-state index is 11.9. The Morgan fingerprint density at radius 3 is 1.79 bits per heavy atom. The molecule has 2 fully saturated rings. The van der Waals surface area contributed by atoms with E-state index in [4.69, 9.17) is 0 Å². The molecular formula is C15H31N3O. The van der Waals surface area contributed by atoms with Crippen LogP contribution in [0.1, 0.15) is 40.0 Å². The van der Waals surface area contributed by atoms with Crippen LogP contribution in [0.25, 0.3) is 0 Å². The predicted molar refractivity (Wildman–Crippen MR) is 80.3 cm³/mol. The van der Waals surface area contributed by atoms with Gasteiger partial charge in [0, 0.05) is 39.3 Å². The summed E-state index contributed by atoms with van der Waals surface area (Å²) in [5, 5.41) is 0. The topological polar surface area (TPSA) is 26.8 Å². The zero-order valence-corrected chi connectivity index (χ0v) is 13.0. The summed E-state index contributed by atoms with van der Waals surface area (Å²) in [6, 6.07) is 0.